The van der Waals surface area contributed by atoms with Gasteiger partial charge in [-0.1, -0.05) is 29.8 Å². The second-order valence-electron chi connectivity index (χ2n) is 5.85. The van der Waals surface area contributed by atoms with Gasteiger partial charge in [0.2, 0.25) is 0 Å². The molecule has 0 amide bonds. The lowest BCUT2D eigenvalue weighted by Gasteiger charge is -2.48. The van der Waals surface area contributed by atoms with Gasteiger partial charge in [0.15, 0.2) is 0 Å². The maximum Gasteiger partial charge on any atom is 0.107 e. The van der Waals surface area contributed by atoms with Crippen LogP contribution in [0.5, 0.6) is 0 Å². The van der Waals surface area contributed by atoms with E-state index in [0.717, 1.165) is 24.9 Å². The zero-order valence-electron chi connectivity index (χ0n) is 11.6. The number of aliphatic hydroxyl groups is 1. The molecule has 100 valence electrons. The lowest BCUT2D eigenvalue weighted by atomic mass is 9.68. The molecule has 1 saturated carbocycles. The van der Waals surface area contributed by atoms with Crippen molar-refractivity contribution in [2.45, 2.75) is 44.8 Å². The van der Waals surface area contributed by atoms with Gasteiger partial charge in [0.1, 0.15) is 5.60 Å². The molecule has 1 fully saturated rings. The van der Waals surface area contributed by atoms with Crippen LogP contribution in [0.2, 0.25) is 0 Å². The molecule has 2 heteroatoms. The molecule has 1 aromatic carbocycles. The van der Waals surface area contributed by atoms with Crippen LogP contribution in [0.3, 0.4) is 0 Å². The predicted molar refractivity (Wildman–Crippen MR) is 79.1 cm³/mol. The Morgan fingerprint density at radius 2 is 1.95 bits per heavy atom. The van der Waals surface area contributed by atoms with Crippen LogP contribution in [0.4, 0.5) is 5.69 Å². The predicted octanol–water partition coefficient (Wildman–Crippen LogP) is 3.66. The molecule has 0 spiro atoms. The van der Waals surface area contributed by atoms with Crippen molar-refractivity contribution in [3.63, 3.8) is 0 Å². The molecular weight excluding hydrogens is 234 g/mol. The average molecular weight is 255 g/mol. The average Bonchev–Trinajstić information content (AvgIpc) is 2.74. The Kier molecular flexibility index (Phi) is 2.98. The highest BCUT2D eigenvalue weighted by molar-refractivity contribution is 5.50. The van der Waals surface area contributed by atoms with Crippen molar-refractivity contribution in [1.82, 2.24) is 0 Å². The monoisotopic (exact) mass is 255 g/mol. The Balaban J connectivity index is 1.77. The van der Waals surface area contributed by atoms with Crippen LogP contribution < -0.4 is 5.32 Å². The standard InChI is InChI=1S/C17H21NO/c1-12-10-13(2)15(11-12)17(19)9-8-16(17)18-14-6-4-3-5-7-14/h3-7,10,16,18-19H,8-9,11H2,1-2H3. The normalized spacial score (nSPS) is 30.1. The summed E-state index contributed by atoms with van der Waals surface area (Å²) in [5, 5.41) is 14.4. The summed E-state index contributed by atoms with van der Waals surface area (Å²) in [6.45, 7) is 4.25. The van der Waals surface area contributed by atoms with Crippen LogP contribution in [-0.2, 0) is 0 Å². The van der Waals surface area contributed by atoms with Gasteiger partial charge in [-0.05, 0) is 56.4 Å². The molecule has 2 nitrogen and oxygen atoms in total. The Morgan fingerprint density at radius 1 is 1.21 bits per heavy atom. The molecule has 0 bridgehead atoms. The van der Waals surface area contributed by atoms with Gasteiger partial charge < -0.3 is 10.4 Å². The minimum Gasteiger partial charge on any atom is -0.383 e. The summed E-state index contributed by atoms with van der Waals surface area (Å²) in [5.41, 5.74) is 4.25. The molecule has 0 heterocycles. The zero-order chi connectivity index (χ0) is 13.5. The SMILES string of the molecule is CC1=CC(C)=C(C2(O)CCC2Nc2ccccc2)C1. The van der Waals surface area contributed by atoms with Gasteiger partial charge in [0, 0.05) is 5.69 Å². The summed E-state index contributed by atoms with van der Waals surface area (Å²) in [6.07, 6.45) is 5.02. The fourth-order valence-electron chi connectivity index (χ4n) is 3.27. The summed E-state index contributed by atoms with van der Waals surface area (Å²) < 4.78 is 0. The van der Waals surface area contributed by atoms with E-state index in [1.165, 1.54) is 16.7 Å². The first-order valence-electron chi connectivity index (χ1n) is 7.01. The van der Waals surface area contributed by atoms with E-state index in [1.807, 2.05) is 18.2 Å². The van der Waals surface area contributed by atoms with E-state index in [4.69, 9.17) is 0 Å². The van der Waals surface area contributed by atoms with Crippen LogP contribution in [0.1, 0.15) is 33.1 Å². The van der Waals surface area contributed by atoms with E-state index in [2.05, 4.69) is 37.4 Å². The molecule has 1 aromatic rings. The van der Waals surface area contributed by atoms with Crippen molar-refractivity contribution in [3.8, 4) is 0 Å². The number of allylic oxidation sites excluding steroid dienone is 3. The number of para-hydroxylation sites is 1. The van der Waals surface area contributed by atoms with Crippen LogP contribution >= 0.6 is 0 Å². The minimum atomic E-state index is -0.659. The number of rotatable bonds is 3. The third-order valence-corrected chi connectivity index (χ3v) is 4.42. The first-order chi connectivity index (χ1) is 9.09. The topological polar surface area (TPSA) is 32.3 Å². The second-order valence-corrected chi connectivity index (χ2v) is 5.85. The highest BCUT2D eigenvalue weighted by Gasteiger charge is 2.49. The molecule has 0 saturated heterocycles. The zero-order valence-corrected chi connectivity index (χ0v) is 11.6. The molecular formula is C17H21NO. The van der Waals surface area contributed by atoms with Gasteiger partial charge in [0.25, 0.3) is 0 Å². The lowest BCUT2D eigenvalue weighted by Crippen LogP contribution is -2.57. The molecule has 2 unspecified atom stereocenters. The number of nitrogens with one attached hydrogen (secondary N) is 1. The van der Waals surface area contributed by atoms with Crippen molar-refractivity contribution < 1.29 is 5.11 Å². The Hall–Kier alpha value is -1.54. The van der Waals surface area contributed by atoms with Gasteiger partial charge in [-0.2, -0.15) is 0 Å². The minimum absolute atomic E-state index is 0.138. The Labute approximate surface area is 114 Å². The first kappa shape index (κ1) is 12.5. The molecule has 2 aliphatic rings. The van der Waals surface area contributed by atoms with Crippen LogP contribution in [0, 0.1) is 0 Å². The van der Waals surface area contributed by atoms with Crippen LogP contribution in [-0.4, -0.2) is 16.7 Å². The van der Waals surface area contributed by atoms with Gasteiger partial charge in [-0.15, -0.1) is 0 Å². The Bertz CT molecular complexity index is 544. The number of hydrogen-bond acceptors (Lipinski definition) is 2. The molecule has 0 aliphatic heterocycles. The third-order valence-electron chi connectivity index (χ3n) is 4.42. The summed E-state index contributed by atoms with van der Waals surface area (Å²) >= 11 is 0. The van der Waals surface area contributed by atoms with Crippen molar-refractivity contribution in [2.24, 2.45) is 0 Å². The van der Waals surface area contributed by atoms with E-state index in [0.29, 0.717) is 0 Å². The number of anilines is 1. The smallest absolute Gasteiger partial charge is 0.107 e. The van der Waals surface area contributed by atoms with Crippen molar-refractivity contribution >= 4 is 5.69 Å². The maximum atomic E-state index is 11.0. The van der Waals surface area contributed by atoms with Crippen LogP contribution in [0.25, 0.3) is 0 Å². The highest BCUT2D eigenvalue weighted by Crippen LogP contribution is 2.46. The largest absolute Gasteiger partial charge is 0.383 e. The van der Waals surface area contributed by atoms with Crippen LogP contribution in [0.15, 0.2) is 53.1 Å². The Morgan fingerprint density at radius 3 is 2.47 bits per heavy atom. The molecule has 0 radical (unpaired) electrons. The van der Waals surface area contributed by atoms with Gasteiger partial charge >= 0.3 is 0 Å². The van der Waals surface area contributed by atoms with E-state index in [9.17, 15) is 5.11 Å². The van der Waals surface area contributed by atoms with Gasteiger partial charge in [-0.3, -0.25) is 0 Å². The fourth-order valence-corrected chi connectivity index (χ4v) is 3.27. The quantitative estimate of drug-likeness (QED) is 0.864. The van der Waals surface area contributed by atoms with E-state index >= 15 is 0 Å². The summed E-state index contributed by atoms with van der Waals surface area (Å²) in [6, 6.07) is 10.3. The number of hydrogen-bond donors (Lipinski definition) is 2. The number of benzene rings is 1. The molecule has 19 heavy (non-hydrogen) atoms. The fraction of sp³-hybridized carbons (Fsp3) is 0.412. The highest BCUT2D eigenvalue weighted by atomic mass is 16.3. The molecule has 2 atom stereocenters. The lowest BCUT2D eigenvalue weighted by molar-refractivity contribution is -0.0137. The first-order valence-corrected chi connectivity index (χ1v) is 7.01. The molecule has 3 rings (SSSR count). The van der Waals surface area contributed by atoms with Gasteiger partial charge in [-0.25, -0.2) is 0 Å². The third kappa shape index (κ3) is 2.10. The van der Waals surface area contributed by atoms with Crippen molar-refractivity contribution in [1.29, 1.82) is 0 Å². The van der Waals surface area contributed by atoms with E-state index in [1.54, 1.807) is 0 Å². The van der Waals surface area contributed by atoms with E-state index < -0.39 is 5.60 Å². The van der Waals surface area contributed by atoms with Crippen molar-refractivity contribution in [2.75, 3.05) is 5.32 Å². The van der Waals surface area contributed by atoms with Gasteiger partial charge in [0.05, 0.1) is 6.04 Å². The van der Waals surface area contributed by atoms with E-state index in [-0.39, 0.29) is 6.04 Å². The molecule has 2 aliphatic carbocycles. The molecule has 0 aromatic heterocycles. The summed E-state index contributed by atoms with van der Waals surface area (Å²) in [4.78, 5) is 0. The second kappa shape index (κ2) is 4.53. The van der Waals surface area contributed by atoms with Crippen molar-refractivity contribution in [3.05, 3.63) is 53.1 Å². The summed E-state index contributed by atoms with van der Waals surface area (Å²) in [5.74, 6) is 0. The molecule has 2 N–H and O–H groups in total. The maximum absolute atomic E-state index is 11.0. The summed E-state index contributed by atoms with van der Waals surface area (Å²) in [7, 11) is 0.